The fourth-order valence-electron chi connectivity index (χ4n) is 0.932. The van der Waals surface area contributed by atoms with Crippen LogP contribution in [0.1, 0.15) is 19.8 Å². The topological polar surface area (TPSA) is 40.5 Å². The number of alkyl halides is 3. The summed E-state index contributed by atoms with van der Waals surface area (Å²) < 4.78 is 35.4. The molecule has 0 aromatic heterocycles. The monoisotopic (exact) mass is 213 g/mol. The van der Waals surface area contributed by atoms with Gasteiger partial charge < -0.3 is 10.0 Å². The van der Waals surface area contributed by atoms with Crippen LogP contribution in [0, 0.1) is 0 Å². The van der Waals surface area contributed by atoms with Gasteiger partial charge in [0.15, 0.2) is 0 Å². The minimum absolute atomic E-state index is 0.144. The van der Waals surface area contributed by atoms with Crippen molar-refractivity contribution in [3.8, 4) is 0 Å². The number of hydrogen-bond donors (Lipinski definition) is 1. The van der Waals surface area contributed by atoms with Gasteiger partial charge in [0.05, 0.1) is 12.8 Å². The van der Waals surface area contributed by atoms with Crippen molar-refractivity contribution >= 4 is 5.97 Å². The van der Waals surface area contributed by atoms with Gasteiger partial charge in [-0.05, 0) is 14.0 Å². The van der Waals surface area contributed by atoms with Crippen LogP contribution in [-0.2, 0) is 4.79 Å². The molecule has 14 heavy (non-hydrogen) atoms. The first-order valence-corrected chi connectivity index (χ1v) is 4.21. The lowest BCUT2D eigenvalue weighted by atomic mass is 10.2. The lowest BCUT2D eigenvalue weighted by Crippen LogP contribution is -2.33. The molecule has 0 spiro atoms. The predicted molar refractivity (Wildman–Crippen MR) is 45.0 cm³/mol. The van der Waals surface area contributed by atoms with E-state index in [9.17, 15) is 18.0 Å². The largest absolute Gasteiger partial charge is 0.481 e. The number of halogens is 3. The van der Waals surface area contributed by atoms with Crippen LogP contribution in [0.2, 0.25) is 0 Å². The molecule has 0 heterocycles. The molecular formula is C8H14F3NO2. The van der Waals surface area contributed by atoms with Gasteiger partial charge in [-0.25, -0.2) is 0 Å². The summed E-state index contributed by atoms with van der Waals surface area (Å²) in [4.78, 5) is 11.7. The Morgan fingerprint density at radius 3 is 2.36 bits per heavy atom. The smallest absolute Gasteiger partial charge is 0.390 e. The molecule has 0 saturated carbocycles. The fourth-order valence-corrected chi connectivity index (χ4v) is 0.932. The summed E-state index contributed by atoms with van der Waals surface area (Å²) in [5.74, 6) is -1.00. The molecule has 0 amide bonds. The van der Waals surface area contributed by atoms with E-state index in [1.54, 1.807) is 6.92 Å². The van der Waals surface area contributed by atoms with Crippen molar-refractivity contribution in [2.24, 2.45) is 0 Å². The molecule has 0 aromatic carbocycles. The molecule has 1 unspecified atom stereocenters. The van der Waals surface area contributed by atoms with Crippen LogP contribution >= 0.6 is 0 Å². The maximum atomic E-state index is 11.8. The Morgan fingerprint density at radius 2 is 2.00 bits per heavy atom. The van der Waals surface area contributed by atoms with Crippen molar-refractivity contribution in [3.63, 3.8) is 0 Å². The summed E-state index contributed by atoms with van der Waals surface area (Å²) in [6.07, 6.45) is -5.24. The zero-order chi connectivity index (χ0) is 11.4. The first-order chi connectivity index (χ1) is 6.22. The number of carboxylic acids is 1. The highest BCUT2D eigenvalue weighted by Gasteiger charge is 2.28. The molecule has 3 nitrogen and oxygen atoms in total. The van der Waals surface area contributed by atoms with Gasteiger partial charge in [-0.3, -0.25) is 4.79 Å². The van der Waals surface area contributed by atoms with Gasteiger partial charge in [0, 0.05) is 12.6 Å². The Bertz CT molecular complexity index is 194. The van der Waals surface area contributed by atoms with Crippen molar-refractivity contribution in [1.82, 2.24) is 4.90 Å². The normalized spacial score (nSPS) is 14.4. The maximum Gasteiger partial charge on any atom is 0.390 e. The average Bonchev–Trinajstić information content (AvgIpc) is 1.97. The maximum absolute atomic E-state index is 11.8. The molecule has 1 atom stereocenters. The van der Waals surface area contributed by atoms with E-state index < -0.39 is 18.6 Å². The van der Waals surface area contributed by atoms with Crippen LogP contribution < -0.4 is 0 Å². The minimum Gasteiger partial charge on any atom is -0.481 e. The first-order valence-electron chi connectivity index (χ1n) is 4.21. The van der Waals surface area contributed by atoms with Crippen LogP contribution in [0.3, 0.4) is 0 Å². The van der Waals surface area contributed by atoms with E-state index in [-0.39, 0.29) is 19.0 Å². The number of rotatable bonds is 5. The number of nitrogens with zero attached hydrogens (tertiary/aromatic N) is 1. The van der Waals surface area contributed by atoms with E-state index in [1.807, 2.05) is 0 Å². The van der Waals surface area contributed by atoms with Crippen molar-refractivity contribution in [2.45, 2.75) is 32.0 Å². The first kappa shape index (κ1) is 13.2. The Balaban J connectivity index is 3.84. The van der Waals surface area contributed by atoms with Crippen molar-refractivity contribution in [2.75, 3.05) is 13.6 Å². The fraction of sp³-hybridized carbons (Fsp3) is 0.875. The molecule has 6 heteroatoms. The molecule has 1 N–H and O–H groups in total. The SMILES string of the molecule is CC(CC(=O)O)N(C)CCC(F)(F)F. The van der Waals surface area contributed by atoms with E-state index in [0.29, 0.717) is 0 Å². The number of hydrogen-bond acceptors (Lipinski definition) is 2. The van der Waals surface area contributed by atoms with E-state index in [0.717, 1.165) is 0 Å². The highest BCUT2D eigenvalue weighted by molar-refractivity contribution is 5.67. The van der Waals surface area contributed by atoms with Gasteiger partial charge in [0.25, 0.3) is 0 Å². The number of aliphatic carboxylic acids is 1. The molecular weight excluding hydrogens is 199 g/mol. The lowest BCUT2D eigenvalue weighted by molar-refractivity contribution is -0.140. The third-order valence-electron chi connectivity index (χ3n) is 1.97. The molecule has 0 aliphatic heterocycles. The summed E-state index contributed by atoms with van der Waals surface area (Å²) in [6, 6.07) is -0.380. The van der Waals surface area contributed by atoms with E-state index in [4.69, 9.17) is 5.11 Å². The number of carboxylic acid groups (broad SMARTS) is 1. The summed E-state index contributed by atoms with van der Waals surface area (Å²) in [5, 5.41) is 8.41. The summed E-state index contributed by atoms with van der Waals surface area (Å²) in [6.45, 7) is 1.42. The second-order valence-corrected chi connectivity index (χ2v) is 3.29. The quantitative estimate of drug-likeness (QED) is 0.756. The molecule has 0 rings (SSSR count). The van der Waals surface area contributed by atoms with E-state index >= 15 is 0 Å². The molecule has 0 aliphatic carbocycles. The molecule has 0 aliphatic rings. The van der Waals surface area contributed by atoms with Crippen LogP contribution in [0.25, 0.3) is 0 Å². The molecule has 0 saturated heterocycles. The zero-order valence-corrected chi connectivity index (χ0v) is 8.14. The summed E-state index contributed by atoms with van der Waals surface area (Å²) >= 11 is 0. The van der Waals surface area contributed by atoms with Crippen molar-refractivity contribution < 1.29 is 23.1 Å². The summed E-state index contributed by atoms with van der Waals surface area (Å²) in [5.41, 5.74) is 0. The van der Waals surface area contributed by atoms with E-state index in [1.165, 1.54) is 11.9 Å². The molecule has 84 valence electrons. The van der Waals surface area contributed by atoms with E-state index in [2.05, 4.69) is 0 Å². The Labute approximate surface area is 80.5 Å². The second kappa shape index (κ2) is 5.19. The molecule has 0 aromatic rings. The molecule has 0 radical (unpaired) electrons. The standard InChI is InChI=1S/C8H14F3NO2/c1-6(5-7(13)14)12(2)4-3-8(9,10)11/h6H,3-5H2,1-2H3,(H,13,14). The van der Waals surface area contributed by atoms with Gasteiger partial charge in [-0.1, -0.05) is 0 Å². The molecule has 0 bridgehead atoms. The second-order valence-electron chi connectivity index (χ2n) is 3.29. The van der Waals surface area contributed by atoms with Crippen molar-refractivity contribution in [3.05, 3.63) is 0 Å². The van der Waals surface area contributed by atoms with Gasteiger partial charge in [0.2, 0.25) is 0 Å². The Kier molecular flexibility index (Phi) is 4.90. The highest BCUT2D eigenvalue weighted by Crippen LogP contribution is 2.20. The summed E-state index contributed by atoms with van der Waals surface area (Å²) in [7, 11) is 1.49. The Morgan fingerprint density at radius 1 is 1.50 bits per heavy atom. The number of carbonyl (C=O) groups is 1. The van der Waals surface area contributed by atoms with Crippen LogP contribution in [0.4, 0.5) is 13.2 Å². The van der Waals surface area contributed by atoms with Crippen LogP contribution in [0.5, 0.6) is 0 Å². The van der Waals surface area contributed by atoms with Gasteiger partial charge in [-0.2, -0.15) is 13.2 Å². The van der Waals surface area contributed by atoms with Gasteiger partial charge in [-0.15, -0.1) is 0 Å². The predicted octanol–water partition coefficient (Wildman–Crippen LogP) is 1.73. The third kappa shape index (κ3) is 6.71. The highest BCUT2D eigenvalue weighted by atomic mass is 19.4. The zero-order valence-electron chi connectivity index (χ0n) is 8.14. The molecule has 0 fully saturated rings. The lowest BCUT2D eigenvalue weighted by Gasteiger charge is -2.23. The average molecular weight is 213 g/mol. The third-order valence-corrected chi connectivity index (χ3v) is 1.97. The minimum atomic E-state index is -4.18. The van der Waals surface area contributed by atoms with Gasteiger partial charge in [0.1, 0.15) is 0 Å². The van der Waals surface area contributed by atoms with Crippen molar-refractivity contribution in [1.29, 1.82) is 0 Å². The van der Waals surface area contributed by atoms with Crippen LogP contribution in [-0.4, -0.2) is 41.8 Å². The Hall–Kier alpha value is -0.780. The van der Waals surface area contributed by atoms with Gasteiger partial charge >= 0.3 is 12.1 Å². The van der Waals surface area contributed by atoms with Crippen LogP contribution in [0.15, 0.2) is 0 Å².